The number of benzene rings is 2. The zero-order valence-electron chi connectivity index (χ0n) is 12.2. The van der Waals surface area contributed by atoms with Gasteiger partial charge in [-0.1, -0.05) is 42.5 Å². The minimum absolute atomic E-state index is 0.164. The van der Waals surface area contributed by atoms with Gasteiger partial charge < -0.3 is 9.47 Å². The molecule has 110 valence electrons. The van der Waals surface area contributed by atoms with E-state index in [4.69, 9.17) is 9.47 Å². The van der Waals surface area contributed by atoms with Crippen molar-refractivity contribution in [2.24, 2.45) is 0 Å². The zero-order valence-corrected chi connectivity index (χ0v) is 12.2. The molecular formula is C17H18O4. The molecule has 0 saturated heterocycles. The van der Waals surface area contributed by atoms with Crippen molar-refractivity contribution in [3.8, 4) is 0 Å². The quantitative estimate of drug-likeness (QED) is 0.793. The Labute approximate surface area is 123 Å². The summed E-state index contributed by atoms with van der Waals surface area (Å²) in [6.07, 6.45) is 0. The van der Waals surface area contributed by atoms with E-state index in [0.717, 1.165) is 16.3 Å². The molecule has 2 rings (SSSR count). The van der Waals surface area contributed by atoms with Gasteiger partial charge in [-0.2, -0.15) is 0 Å². The van der Waals surface area contributed by atoms with Crippen LogP contribution in [-0.4, -0.2) is 25.2 Å². The molecule has 0 fully saturated rings. The highest BCUT2D eigenvalue weighted by atomic mass is 16.5. The Hall–Kier alpha value is -2.36. The summed E-state index contributed by atoms with van der Waals surface area (Å²) < 4.78 is 10.1. The lowest BCUT2D eigenvalue weighted by Gasteiger charge is -2.17. The highest BCUT2D eigenvalue weighted by Gasteiger charge is 2.15. The van der Waals surface area contributed by atoms with Crippen LogP contribution in [0, 0.1) is 0 Å². The van der Waals surface area contributed by atoms with Crippen LogP contribution in [-0.2, 0) is 19.1 Å². The topological polar surface area (TPSA) is 52.6 Å². The van der Waals surface area contributed by atoms with Crippen LogP contribution in [0.1, 0.15) is 25.3 Å². The van der Waals surface area contributed by atoms with E-state index < -0.39 is 0 Å². The normalized spacial score (nSPS) is 10.6. The molecule has 2 aromatic rings. The summed E-state index contributed by atoms with van der Waals surface area (Å²) in [6.45, 7) is 3.12. The smallest absolute Gasteiger partial charge is 0.302 e. The fourth-order valence-electron chi connectivity index (χ4n) is 2.14. The van der Waals surface area contributed by atoms with E-state index in [0.29, 0.717) is 0 Å². The van der Waals surface area contributed by atoms with E-state index in [2.05, 4.69) is 0 Å². The van der Waals surface area contributed by atoms with Crippen LogP contribution in [0.4, 0.5) is 0 Å². The standard InChI is InChI=1S/C17H18O4/c1-12(18)20-10-17(11-21-13(2)19)16-8-7-14-5-3-4-6-15(14)9-16/h3-9,17H,10-11H2,1-2H3. The van der Waals surface area contributed by atoms with Crippen molar-refractivity contribution in [3.63, 3.8) is 0 Å². The first-order chi connectivity index (χ1) is 10.1. The van der Waals surface area contributed by atoms with Crippen LogP contribution >= 0.6 is 0 Å². The van der Waals surface area contributed by atoms with Crippen LogP contribution in [0.2, 0.25) is 0 Å². The second kappa shape index (κ2) is 6.88. The van der Waals surface area contributed by atoms with Crippen LogP contribution < -0.4 is 0 Å². The van der Waals surface area contributed by atoms with Crippen LogP contribution in [0.5, 0.6) is 0 Å². The monoisotopic (exact) mass is 286 g/mol. The predicted octanol–water partition coefficient (Wildman–Crippen LogP) is 3.05. The van der Waals surface area contributed by atoms with Crippen molar-refractivity contribution in [2.75, 3.05) is 13.2 Å². The van der Waals surface area contributed by atoms with Gasteiger partial charge in [0.2, 0.25) is 0 Å². The average molecular weight is 286 g/mol. The van der Waals surface area contributed by atoms with Crippen molar-refractivity contribution in [2.45, 2.75) is 19.8 Å². The summed E-state index contributed by atoms with van der Waals surface area (Å²) in [6, 6.07) is 14.0. The molecule has 0 N–H and O–H groups in total. The zero-order chi connectivity index (χ0) is 15.2. The van der Waals surface area contributed by atoms with E-state index in [1.165, 1.54) is 13.8 Å². The molecule has 0 amide bonds. The van der Waals surface area contributed by atoms with E-state index in [-0.39, 0.29) is 31.1 Å². The molecule has 0 bridgehead atoms. The second-order valence-corrected chi connectivity index (χ2v) is 4.91. The van der Waals surface area contributed by atoms with E-state index in [1.807, 2.05) is 42.5 Å². The summed E-state index contributed by atoms with van der Waals surface area (Å²) in [7, 11) is 0. The number of fused-ring (bicyclic) bond motifs is 1. The van der Waals surface area contributed by atoms with Gasteiger partial charge in [0.1, 0.15) is 13.2 Å². The Bertz CT molecular complexity index is 630. The lowest BCUT2D eigenvalue weighted by Crippen LogP contribution is -2.17. The maximum atomic E-state index is 11.0. The summed E-state index contributed by atoms with van der Waals surface area (Å²) in [5.41, 5.74) is 0.983. The maximum Gasteiger partial charge on any atom is 0.302 e. The van der Waals surface area contributed by atoms with Crippen molar-refractivity contribution in [1.82, 2.24) is 0 Å². The second-order valence-electron chi connectivity index (χ2n) is 4.91. The first-order valence-electron chi connectivity index (χ1n) is 6.81. The largest absolute Gasteiger partial charge is 0.465 e. The number of hydrogen-bond acceptors (Lipinski definition) is 4. The molecule has 0 saturated carbocycles. The highest BCUT2D eigenvalue weighted by Crippen LogP contribution is 2.22. The van der Waals surface area contributed by atoms with Gasteiger partial charge in [0.15, 0.2) is 0 Å². The maximum absolute atomic E-state index is 11.0. The number of rotatable bonds is 5. The van der Waals surface area contributed by atoms with Gasteiger partial charge in [-0.25, -0.2) is 0 Å². The number of carbonyl (C=O) groups excluding carboxylic acids is 2. The third kappa shape index (κ3) is 4.31. The fraction of sp³-hybridized carbons (Fsp3) is 0.294. The molecule has 0 aliphatic rings. The Kier molecular flexibility index (Phi) is 4.93. The third-order valence-electron chi connectivity index (χ3n) is 3.22. The van der Waals surface area contributed by atoms with E-state index in [9.17, 15) is 9.59 Å². The van der Waals surface area contributed by atoms with Gasteiger partial charge in [0.25, 0.3) is 0 Å². The Morgan fingerprint density at radius 2 is 1.48 bits per heavy atom. The molecule has 0 unspecified atom stereocenters. The number of carbonyl (C=O) groups is 2. The Morgan fingerprint density at radius 3 is 2.05 bits per heavy atom. The van der Waals surface area contributed by atoms with Gasteiger partial charge >= 0.3 is 11.9 Å². The van der Waals surface area contributed by atoms with E-state index in [1.54, 1.807) is 0 Å². The first kappa shape index (κ1) is 15.0. The predicted molar refractivity (Wildman–Crippen MR) is 80.0 cm³/mol. The molecule has 0 aliphatic heterocycles. The van der Waals surface area contributed by atoms with Gasteiger partial charge in [-0.15, -0.1) is 0 Å². The minimum Gasteiger partial charge on any atom is -0.465 e. The summed E-state index contributed by atoms with van der Waals surface area (Å²) >= 11 is 0. The average Bonchev–Trinajstić information content (AvgIpc) is 2.46. The lowest BCUT2D eigenvalue weighted by atomic mass is 9.97. The van der Waals surface area contributed by atoms with Gasteiger partial charge in [-0.3, -0.25) is 9.59 Å². The Morgan fingerprint density at radius 1 is 0.905 bits per heavy atom. The summed E-state index contributed by atoms with van der Waals surface area (Å²) in [5, 5.41) is 2.24. The minimum atomic E-state index is -0.344. The third-order valence-corrected chi connectivity index (χ3v) is 3.22. The molecular weight excluding hydrogens is 268 g/mol. The first-order valence-corrected chi connectivity index (χ1v) is 6.81. The molecule has 0 aliphatic carbocycles. The molecule has 2 aromatic carbocycles. The van der Waals surface area contributed by atoms with Gasteiger partial charge in [-0.05, 0) is 16.3 Å². The molecule has 21 heavy (non-hydrogen) atoms. The summed E-state index contributed by atoms with van der Waals surface area (Å²) in [5.74, 6) is -0.852. The van der Waals surface area contributed by atoms with Crippen molar-refractivity contribution < 1.29 is 19.1 Å². The molecule has 0 aromatic heterocycles. The molecule has 0 spiro atoms. The van der Waals surface area contributed by atoms with Crippen LogP contribution in [0.25, 0.3) is 10.8 Å². The van der Waals surface area contributed by atoms with Gasteiger partial charge in [0, 0.05) is 13.8 Å². The van der Waals surface area contributed by atoms with Crippen LogP contribution in [0.3, 0.4) is 0 Å². The Balaban J connectivity index is 2.23. The van der Waals surface area contributed by atoms with Gasteiger partial charge in [0.05, 0.1) is 5.92 Å². The number of hydrogen-bond donors (Lipinski definition) is 0. The number of ether oxygens (including phenoxy) is 2. The van der Waals surface area contributed by atoms with Crippen molar-refractivity contribution in [3.05, 3.63) is 48.0 Å². The molecule has 0 atom stereocenters. The van der Waals surface area contributed by atoms with Crippen molar-refractivity contribution >= 4 is 22.7 Å². The van der Waals surface area contributed by atoms with Crippen LogP contribution in [0.15, 0.2) is 42.5 Å². The fourth-order valence-corrected chi connectivity index (χ4v) is 2.14. The number of esters is 2. The molecule has 0 radical (unpaired) electrons. The lowest BCUT2D eigenvalue weighted by molar-refractivity contribution is -0.144. The highest BCUT2D eigenvalue weighted by molar-refractivity contribution is 5.83. The molecule has 4 heteroatoms. The SMILES string of the molecule is CC(=O)OCC(COC(C)=O)c1ccc2ccccc2c1. The van der Waals surface area contributed by atoms with E-state index >= 15 is 0 Å². The molecule has 4 nitrogen and oxygen atoms in total. The summed E-state index contributed by atoms with van der Waals surface area (Å²) in [4.78, 5) is 22.0. The molecule has 0 heterocycles. The van der Waals surface area contributed by atoms with Crippen molar-refractivity contribution in [1.29, 1.82) is 0 Å².